The Hall–Kier alpha value is -1.97. The first-order valence-corrected chi connectivity index (χ1v) is 10.1. The Kier molecular flexibility index (Phi) is 8.81. The Balaban J connectivity index is 0.000000396. The van der Waals surface area contributed by atoms with E-state index < -0.39 is 12.1 Å². The summed E-state index contributed by atoms with van der Waals surface area (Å²) in [7, 11) is 1.61. The van der Waals surface area contributed by atoms with E-state index in [1.165, 1.54) is 11.8 Å². The van der Waals surface area contributed by atoms with E-state index in [9.17, 15) is 17.6 Å². The van der Waals surface area contributed by atoms with Crippen LogP contribution in [0.4, 0.5) is 17.6 Å². The van der Waals surface area contributed by atoms with Gasteiger partial charge in [-0.05, 0) is 62.2 Å². The summed E-state index contributed by atoms with van der Waals surface area (Å²) in [5.74, 6) is -1.90. The van der Waals surface area contributed by atoms with Gasteiger partial charge in [0, 0.05) is 15.4 Å². The zero-order chi connectivity index (χ0) is 22.3. The minimum absolute atomic E-state index is 0.119. The highest BCUT2D eigenvalue weighted by Gasteiger charge is 2.38. The number of halogens is 5. The molecule has 1 heterocycles. The van der Waals surface area contributed by atoms with Gasteiger partial charge in [-0.1, -0.05) is 29.4 Å². The van der Waals surface area contributed by atoms with Crippen molar-refractivity contribution in [3.05, 3.63) is 52.8 Å². The molecule has 4 nitrogen and oxygen atoms in total. The number of piperidine rings is 1. The molecule has 2 N–H and O–H groups in total. The first-order valence-electron chi connectivity index (χ1n) is 8.94. The number of hydrogen-bond acceptors (Lipinski definition) is 4. The van der Waals surface area contributed by atoms with Crippen LogP contribution in [0.3, 0.4) is 0 Å². The summed E-state index contributed by atoms with van der Waals surface area (Å²) in [6.45, 7) is 1.87. The fraction of sp³-hybridized carbons (Fsp3) is 0.350. The van der Waals surface area contributed by atoms with Crippen LogP contribution >= 0.6 is 23.4 Å². The molecular formula is C20H20ClF4NO3S. The number of aliphatic carboxylic acids is 1. The topological polar surface area (TPSA) is 58.6 Å². The Morgan fingerprint density at radius 2 is 1.83 bits per heavy atom. The second-order valence-corrected chi connectivity index (χ2v) is 7.87. The highest BCUT2D eigenvalue weighted by Crippen LogP contribution is 2.41. The van der Waals surface area contributed by atoms with Crippen molar-refractivity contribution in [1.82, 2.24) is 5.32 Å². The first-order chi connectivity index (χ1) is 14.1. The maximum absolute atomic E-state index is 14.5. The van der Waals surface area contributed by atoms with Gasteiger partial charge in [0.15, 0.2) is 0 Å². The molecule has 1 aliphatic heterocycles. The fourth-order valence-electron chi connectivity index (χ4n) is 2.92. The minimum atomic E-state index is -5.08. The molecule has 0 spiro atoms. The summed E-state index contributed by atoms with van der Waals surface area (Å²) in [6, 6.07) is 10.9. The molecule has 3 rings (SSSR count). The summed E-state index contributed by atoms with van der Waals surface area (Å²) in [5, 5.41) is 11.1. The molecule has 0 unspecified atom stereocenters. The number of carboxylic acids is 1. The van der Waals surface area contributed by atoms with Crippen molar-refractivity contribution < 1.29 is 32.2 Å². The zero-order valence-corrected chi connectivity index (χ0v) is 17.5. The van der Waals surface area contributed by atoms with Crippen LogP contribution < -0.4 is 10.1 Å². The van der Waals surface area contributed by atoms with E-state index in [1.807, 2.05) is 18.2 Å². The maximum atomic E-state index is 14.5. The smallest absolute Gasteiger partial charge is 0.490 e. The molecule has 164 valence electrons. The van der Waals surface area contributed by atoms with Crippen LogP contribution in [0.15, 0.2) is 46.2 Å². The number of hydrogen-bond donors (Lipinski definition) is 2. The number of alkyl halides is 3. The second kappa shape index (κ2) is 10.9. The van der Waals surface area contributed by atoms with Crippen molar-refractivity contribution in [3.63, 3.8) is 0 Å². The summed E-state index contributed by atoms with van der Waals surface area (Å²) >= 11 is 7.85. The lowest BCUT2D eigenvalue weighted by Gasteiger charge is -2.25. The van der Waals surface area contributed by atoms with E-state index >= 15 is 0 Å². The van der Waals surface area contributed by atoms with Crippen LogP contribution in [0.25, 0.3) is 0 Å². The highest BCUT2D eigenvalue weighted by atomic mass is 35.5. The van der Waals surface area contributed by atoms with Crippen LogP contribution in [0.5, 0.6) is 5.75 Å². The maximum Gasteiger partial charge on any atom is 0.490 e. The molecule has 30 heavy (non-hydrogen) atoms. The van der Waals surface area contributed by atoms with Crippen molar-refractivity contribution in [2.75, 3.05) is 20.2 Å². The quantitative estimate of drug-likeness (QED) is 0.564. The minimum Gasteiger partial charge on any atom is -0.497 e. The van der Waals surface area contributed by atoms with Crippen LogP contribution in [0.2, 0.25) is 5.02 Å². The third kappa shape index (κ3) is 6.78. The third-order valence-corrected chi connectivity index (χ3v) is 5.94. The molecule has 0 aromatic heterocycles. The molecule has 2 aromatic carbocycles. The second-order valence-electron chi connectivity index (χ2n) is 6.38. The largest absolute Gasteiger partial charge is 0.497 e. The Bertz CT molecular complexity index is 874. The molecule has 1 saturated heterocycles. The van der Waals surface area contributed by atoms with Crippen molar-refractivity contribution >= 4 is 29.3 Å². The Labute approximate surface area is 180 Å². The lowest BCUT2D eigenvalue weighted by atomic mass is 9.90. The molecular weight excluding hydrogens is 446 g/mol. The summed E-state index contributed by atoms with van der Waals surface area (Å²) in [4.78, 5) is 10.8. The summed E-state index contributed by atoms with van der Waals surface area (Å²) < 4.78 is 51.4. The van der Waals surface area contributed by atoms with Crippen molar-refractivity contribution in [3.8, 4) is 5.75 Å². The standard InChI is InChI=1S/C18H19ClFNOS.C2HF3O2/c1-22-13-5-6-16(14(19)11-13)23-17-4-2-3-15(20)18(17)12-7-9-21-10-8-12;3-2(4,5)1(6)7/h2-6,11-12,21H,7-10H2,1H3;(H,6,7). The van der Waals surface area contributed by atoms with Gasteiger partial charge >= 0.3 is 12.1 Å². The molecule has 0 saturated carbocycles. The predicted octanol–water partition coefficient (Wildman–Crippen LogP) is 5.74. The van der Waals surface area contributed by atoms with E-state index in [-0.39, 0.29) is 11.7 Å². The number of carboxylic acid groups (broad SMARTS) is 1. The van der Waals surface area contributed by atoms with Gasteiger partial charge in [0.05, 0.1) is 12.1 Å². The fourth-order valence-corrected chi connectivity index (χ4v) is 4.26. The molecule has 2 aromatic rings. The van der Waals surface area contributed by atoms with Gasteiger partial charge < -0.3 is 15.2 Å². The Morgan fingerprint density at radius 1 is 1.20 bits per heavy atom. The van der Waals surface area contributed by atoms with Gasteiger partial charge in [0.25, 0.3) is 0 Å². The van der Waals surface area contributed by atoms with Crippen molar-refractivity contribution in [2.24, 2.45) is 0 Å². The van der Waals surface area contributed by atoms with Crippen molar-refractivity contribution in [1.29, 1.82) is 0 Å². The SMILES string of the molecule is COc1ccc(Sc2cccc(F)c2C2CCNCC2)c(Cl)c1.O=C(O)C(F)(F)F. The van der Waals surface area contributed by atoms with Gasteiger partial charge in [0.2, 0.25) is 0 Å². The molecule has 0 atom stereocenters. The molecule has 0 aliphatic carbocycles. The van der Waals surface area contributed by atoms with E-state index in [4.69, 9.17) is 26.2 Å². The number of methoxy groups -OCH3 is 1. The lowest BCUT2D eigenvalue weighted by molar-refractivity contribution is -0.192. The van der Waals surface area contributed by atoms with Gasteiger partial charge in [0.1, 0.15) is 11.6 Å². The molecule has 1 aliphatic rings. The van der Waals surface area contributed by atoms with Crippen LogP contribution in [-0.4, -0.2) is 37.5 Å². The van der Waals surface area contributed by atoms with Crippen LogP contribution in [-0.2, 0) is 4.79 Å². The average Bonchev–Trinajstić information content (AvgIpc) is 2.70. The van der Waals surface area contributed by atoms with Gasteiger partial charge in [-0.2, -0.15) is 13.2 Å². The number of nitrogens with one attached hydrogen (secondary N) is 1. The third-order valence-electron chi connectivity index (χ3n) is 4.36. The molecule has 0 radical (unpaired) electrons. The number of benzene rings is 2. The summed E-state index contributed by atoms with van der Waals surface area (Å²) in [5.41, 5.74) is 0.825. The van der Waals surface area contributed by atoms with E-state index in [2.05, 4.69) is 5.32 Å². The van der Waals surface area contributed by atoms with Gasteiger partial charge in [-0.15, -0.1) is 0 Å². The summed E-state index contributed by atoms with van der Waals surface area (Å²) in [6.07, 6.45) is -3.16. The Morgan fingerprint density at radius 3 is 2.37 bits per heavy atom. The van der Waals surface area contributed by atoms with Gasteiger partial charge in [-0.3, -0.25) is 0 Å². The molecule has 0 bridgehead atoms. The van der Waals surface area contributed by atoms with Crippen LogP contribution in [0.1, 0.15) is 24.3 Å². The first kappa shape index (κ1) is 24.3. The van der Waals surface area contributed by atoms with Crippen LogP contribution in [0, 0.1) is 5.82 Å². The monoisotopic (exact) mass is 465 g/mol. The number of carbonyl (C=O) groups is 1. The molecule has 1 fully saturated rings. The average molecular weight is 466 g/mol. The highest BCUT2D eigenvalue weighted by molar-refractivity contribution is 7.99. The lowest BCUT2D eigenvalue weighted by Crippen LogP contribution is -2.27. The van der Waals surface area contributed by atoms with Crippen molar-refractivity contribution in [2.45, 2.75) is 34.7 Å². The normalized spacial score (nSPS) is 14.6. The predicted molar refractivity (Wildman–Crippen MR) is 107 cm³/mol. The van der Waals surface area contributed by atoms with E-state index in [0.717, 1.165) is 47.0 Å². The zero-order valence-electron chi connectivity index (χ0n) is 15.9. The van der Waals surface area contributed by atoms with Gasteiger partial charge in [-0.25, -0.2) is 9.18 Å². The van der Waals surface area contributed by atoms with E-state index in [1.54, 1.807) is 25.3 Å². The molecule has 0 amide bonds. The number of rotatable bonds is 4. The molecule has 10 heteroatoms. The number of ether oxygens (including phenoxy) is 1. The van der Waals surface area contributed by atoms with E-state index in [0.29, 0.717) is 5.02 Å².